The highest BCUT2D eigenvalue weighted by Crippen LogP contribution is 2.23. The molecule has 0 bridgehead atoms. The largest absolute Gasteiger partial charge is 0.397 e. The molecular weight excluding hydrogens is 244 g/mol. The fourth-order valence-corrected chi connectivity index (χ4v) is 2.66. The van der Waals surface area contributed by atoms with Crippen molar-refractivity contribution in [3.05, 3.63) is 24.3 Å². The van der Waals surface area contributed by atoms with Gasteiger partial charge in [-0.05, 0) is 25.0 Å². The lowest BCUT2D eigenvalue weighted by atomic mass is 10.1. The Morgan fingerprint density at radius 1 is 0.800 bits per heavy atom. The Hall–Kier alpha value is -1.18. The van der Waals surface area contributed by atoms with Crippen molar-refractivity contribution in [1.29, 1.82) is 0 Å². The fraction of sp³-hybridized carbons (Fsp3) is 0.667. The third-order valence-electron chi connectivity index (χ3n) is 3.80. The summed E-state index contributed by atoms with van der Waals surface area (Å²) in [6, 6.07) is 8.24. The normalized spacial score (nSPS) is 10.7. The molecule has 114 valence electrons. The second-order valence-electron chi connectivity index (χ2n) is 5.67. The van der Waals surface area contributed by atoms with Crippen LogP contribution in [0.2, 0.25) is 0 Å². The van der Waals surface area contributed by atoms with E-state index in [1.54, 1.807) is 0 Å². The highest BCUT2D eigenvalue weighted by molar-refractivity contribution is 5.67. The first-order valence-corrected chi connectivity index (χ1v) is 8.39. The summed E-state index contributed by atoms with van der Waals surface area (Å²) < 4.78 is 0. The lowest BCUT2D eigenvalue weighted by Crippen LogP contribution is -2.26. The van der Waals surface area contributed by atoms with E-state index in [0.717, 1.165) is 18.8 Å². The molecule has 0 unspecified atom stereocenters. The van der Waals surface area contributed by atoms with Gasteiger partial charge in [0.1, 0.15) is 0 Å². The molecule has 1 rings (SSSR count). The smallest absolute Gasteiger partial charge is 0.0599 e. The van der Waals surface area contributed by atoms with Gasteiger partial charge < -0.3 is 10.6 Å². The molecule has 0 heterocycles. The monoisotopic (exact) mass is 276 g/mol. The van der Waals surface area contributed by atoms with Crippen molar-refractivity contribution < 1.29 is 0 Å². The van der Waals surface area contributed by atoms with Gasteiger partial charge in [-0.2, -0.15) is 0 Å². The number of hydrogen-bond donors (Lipinski definition) is 1. The molecule has 20 heavy (non-hydrogen) atoms. The highest BCUT2D eigenvalue weighted by atomic mass is 15.1. The van der Waals surface area contributed by atoms with Crippen LogP contribution in [0.1, 0.15) is 65.2 Å². The first-order valence-electron chi connectivity index (χ1n) is 8.39. The molecule has 1 aromatic carbocycles. The summed E-state index contributed by atoms with van der Waals surface area (Å²) in [4.78, 5) is 2.45. The summed E-state index contributed by atoms with van der Waals surface area (Å²) in [5, 5.41) is 0. The van der Waals surface area contributed by atoms with Crippen LogP contribution >= 0.6 is 0 Å². The number of hydrogen-bond acceptors (Lipinski definition) is 2. The molecule has 0 aliphatic rings. The standard InChI is InChI=1S/C18H32N2/c1-3-5-6-7-8-9-12-16-20(15-4-2)18-14-11-10-13-17(18)19/h10-11,13-14H,3-9,12,15-16,19H2,1-2H3. The molecule has 0 aliphatic heterocycles. The zero-order chi connectivity index (χ0) is 14.6. The number of anilines is 2. The molecule has 0 radical (unpaired) electrons. The average molecular weight is 276 g/mol. The van der Waals surface area contributed by atoms with E-state index in [1.807, 2.05) is 12.1 Å². The number of para-hydroxylation sites is 2. The Bertz CT molecular complexity index is 349. The maximum absolute atomic E-state index is 6.10. The molecule has 0 amide bonds. The van der Waals surface area contributed by atoms with Crippen molar-refractivity contribution in [2.75, 3.05) is 23.7 Å². The molecule has 2 nitrogen and oxygen atoms in total. The van der Waals surface area contributed by atoms with E-state index in [2.05, 4.69) is 30.9 Å². The molecule has 2 N–H and O–H groups in total. The zero-order valence-corrected chi connectivity index (χ0v) is 13.4. The Balaban J connectivity index is 2.31. The lowest BCUT2D eigenvalue weighted by Gasteiger charge is -2.25. The van der Waals surface area contributed by atoms with Crippen molar-refractivity contribution in [3.63, 3.8) is 0 Å². The fourth-order valence-electron chi connectivity index (χ4n) is 2.66. The number of rotatable bonds is 11. The van der Waals surface area contributed by atoms with E-state index in [-0.39, 0.29) is 0 Å². The maximum atomic E-state index is 6.10. The maximum Gasteiger partial charge on any atom is 0.0599 e. The molecular formula is C18H32N2. The van der Waals surface area contributed by atoms with Gasteiger partial charge in [-0.25, -0.2) is 0 Å². The van der Waals surface area contributed by atoms with E-state index in [4.69, 9.17) is 5.73 Å². The molecule has 2 heteroatoms. The van der Waals surface area contributed by atoms with Gasteiger partial charge in [0.25, 0.3) is 0 Å². The van der Waals surface area contributed by atoms with Crippen LogP contribution in [0.25, 0.3) is 0 Å². The lowest BCUT2D eigenvalue weighted by molar-refractivity contribution is 0.582. The summed E-state index contributed by atoms with van der Waals surface area (Å²) in [5.74, 6) is 0. The first kappa shape index (κ1) is 16.9. The quantitative estimate of drug-likeness (QED) is 0.442. The van der Waals surface area contributed by atoms with Crippen molar-refractivity contribution in [3.8, 4) is 0 Å². The van der Waals surface area contributed by atoms with Gasteiger partial charge in [0.05, 0.1) is 11.4 Å². The molecule has 1 aromatic rings. The second kappa shape index (κ2) is 10.6. The summed E-state index contributed by atoms with van der Waals surface area (Å²) in [6.45, 7) is 6.74. The van der Waals surface area contributed by atoms with Crippen molar-refractivity contribution in [2.45, 2.75) is 65.2 Å². The van der Waals surface area contributed by atoms with Crippen molar-refractivity contribution in [2.24, 2.45) is 0 Å². The van der Waals surface area contributed by atoms with E-state index >= 15 is 0 Å². The summed E-state index contributed by atoms with van der Waals surface area (Å²) in [6.07, 6.45) is 10.7. The van der Waals surface area contributed by atoms with Gasteiger partial charge in [-0.1, -0.05) is 64.5 Å². The molecule has 0 aromatic heterocycles. The van der Waals surface area contributed by atoms with E-state index in [0.29, 0.717) is 0 Å². The van der Waals surface area contributed by atoms with Gasteiger partial charge in [-0.15, -0.1) is 0 Å². The van der Waals surface area contributed by atoms with Gasteiger partial charge in [0.2, 0.25) is 0 Å². The minimum Gasteiger partial charge on any atom is -0.397 e. The number of nitrogens with two attached hydrogens (primary N) is 1. The Labute approximate surface area is 125 Å². The van der Waals surface area contributed by atoms with Gasteiger partial charge in [0.15, 0.2) is 0 Å². The van der Waals surface area contributed by atoms with Crippen LogP contribution in [0.3, 0.4) is 0 Å². The number of benzene rings is 1. The van der Waals surface area contributed by atoms with Crippen LogP contribution in [-0.2, 0) is 0 Å². The molecule has 0 saturated carbocycles. The van der Waals surface area contributed by atoms with Crippen molar-refractivity contribution in [1.82, 2.24) is 0 Å². The molecule has 0 fully saturated rings. The van der Waals surface area contributed by atoms with Crippen LogP contribution in [0.15, 0.2) is 24.3 Å². The van der Waals surface area contributed by atoms with Gasteiger partial charge >= 0.3 is 0 Å². The van der Waals surface area contributed by atoms with Crippen LogP contribution in [0, 0.1) is 0 Å². The molecule has 0 atom stereocenters. The Kier molecular flexibility index (Phi) is 8.93. The SMILES string of the molecule is CCCCCCCCCN(CCC)c1ccccc1N. The van der Waals surface area contributed by atoms with Crippen LogP contribution < -0.4 is 10.6 Å². The summed E-state index contributed by atoms with van der Waals surface area (Å²) in [7, 11) is 0. The molecule has 0 spiro atoms. The first-order chi connectivity index (χ1) is 9.79. The number of nitrogens with zero attached hydrogens (tertiary/aromatic N) is 1. The van der Waals surface area contributed by atoms with Crippen molar-refractivity contribution >= 4 is 11.4 Å². The van der Waals surface area contributed by atoms with E-state index < -0.39 is 0 Å². The summed E-state index contributed by atoms with van der Waals surface area (Å²) in [5.41, 5.74) is 8.21. The third kappa shape index (κ3) is 6.31. The summed E-state index contributed by atoms with van der Waals surface area (Å²) >= 11 is 0. The highest BCUT2D eigenvalue weighted by Gasteiger charge is 2.07. The van der Waals surface area contributed by atoms with E-state index in [1.165, 1.54) is 57.1 Å². The van der Waals surface area contributed by atoms with Crippen LogP contribution in [-0.4, -0.2) is 13.1 Å². The zero-order valence-electron chi connectivity index (χ0n) is 13.4. The molecule has 0 aliphatic carbocycles. The Morgan fingerprint density at radius 3 is 2.10 bits per heavy atom. The number of nitrogen functional groups attached to an aromatic ring is 1. The number of unbranched alkanes of at least 4 members (excludes halogenated alkanes) is 6. The topological polar surface area (TPSA) is 29.3 Å². The third-order valence-corrected chi connectivity index (χ3v) is 3.80. The van der Waals surface area contributed by atoms with Gasteiger partial charge in [-0.3, -0.25) is 0 Å². The second-order valence-corrected chi connectivity index (χ2v) is 5.67. The van der Waals surface area contributed by atoms with E-state index in [9.17, 15) is 0 Å². The predicted octanol–water partition coefficient (Wildman–Crippen LogP) is 5.24. The minimum atomic E-state index is 0.906. The van der Waals surface area contributed by atoms with Crippen LogP contribution in [0.4, 0.5) is 11.4 Å². The average Bonchev–Trinajstić information content (AvgIpc) is 2.46. The minimum absolute atomic E-state index is 0.906. The predicted molar refractivity (Wildman–Crippen MR) is 91.4 cm³/mol. The van der Waals surface area contributed by atoms with Crippen LogP contribution in [0.5, 0.6) is 0 Å². The Morgan fingerprint density at radius 2 is 1.45 bits per heavy atom. The van der Waals surface area contributed by atoms with Gasteiger partial charge in [0, 0.05) is 13.1 Å². The molecule has 0 saturated heterocycles.